The van der Waals surface area contributed by atoms with Gasteiger partial charge in [0.2, 0.25) is 0 Å². The van der Waals surface area contributed by atoms with Gasteiger partial charge in [-0.2, -0.15) is 0 Å². The van der Waals surface area contributed by atoms with Gasteiger partial charge in [-0.15, -0.1) is 0 Å². The Bertz CT molecular complexity index is 2060. The van der Waals surface area contributed by atoms with E-state index in [2.05, 4.69) is 126 Å². The van der Waals surface area contributed by atoms with Crippen molar-refractivity contribution in [1.29, 1.82) is 0 Å². The first kappa shape index (κ1) is 25.8. The van der Waals surface area contributed by atoms with Gasteiger partial charge in [-0.3, -0.25) is 0 Å². The van der Waals surface area contributed by atoms with Crippen LogP contribution in [0, 0.1) is 0 Å². The van der Waals surface area contributed by atoms with Gasteiger partial charge in [-0.1, -0.05) is 133 Å². The Labute approximate surface area is 252 Å². The second kappa shape index (κ2) is 10.2. The van der Waals surface area contributed by atoms with Crippen LogP contribution in [-0.4, -0.2) is 13.6 Å². The highest BCUT2D eigenvalue weighted by molar-refractivity contribution is 7.85. The molecule has 0 aromatic heterocycles. The Morgan fingerprint density at radius 3 is 1.88 bits per heavy atom. The molecule has 2 heterocycles. The van der Waals surface area contributed by atoms with E-state index in [-0.39, 0.29) is 6.04 Å². The van der Waals surface area contributed by atoms with Crippen molar-refractivity contribution in [2.75, 3.05) is 23.8 Å². The second-order valence-corrected chi connectivity index (χ2v) is 14.2. The van der Waals surface area contributed by atoms with Crippen LogP contribution in [0.15, 0.2) is 133 Å². The molecule has 4 heteroatoms. The van der Waals surface area contributed by atoms with E-state index in [1.165, 1.54) is 28.1 Å². The molecule has 0 bridgehead atoms. The van der Waals surface area contributed by atoms with Gasteiger partial charge in [0.1, 0.15) is 0 Å². The maximum absolute atomic E-state index is 15.5. The van der Waals surface area contributed by atoms with Crippen molar-refractivity contribution in [3.05, 3.63) is 150 Å². The number of rotatable bonds is 4. The normalized spacial score (nSPS) is 15.7. The smallest absolute Gasteiger partial charge is 0.171 e. The van der Waals surface area contributed by atoms with Gasteiger partial charge in [0, 0.05) is 29.5 Å². The Balaban J connectivity index is 1.23. The number of nitrogens with one attached hydrogen (secondary N) is 1. The molecule has 0 saturated heterocycles. The third-order valence-corrected chi connectivity index (χ3v) is 12.0. The van der Waals surface area contributed by atoms with E-state index in [0.717, 1.165) is 44.0 Å². The molecule has 0 aliphatic carbocycles. The quantitative estimate of drug-likeness (QED) is 0.215. The standard InChI is InChI=1S/C39H31N2OP/c1-41-37(23-18-31-13-12-30-11-6-24-40-38(30)39(31)41)29-16-19-34(20-17-29)43(42,35-21-14-27-7-2-4-9-32(27)25-35)36-22-15-28-8-3-5-10-33(28)26-36/h2-23,25-26,37,40H,24H2,1H3. The van der Waals surface area contributed by atoms with Crippen molar-refractivity contribution in [3.63, 3.8) is 0 Å². The zero-order valence-corrected chi connectivity index (χ0v) is 24.8. The predicted molar refractivity (Wildman–Crippen MR) is 185 cm³/mol. The number of likely N-dealkylation sites (N-methyl/N-ethyl adjacent to an activating group) is 1. The van der Waals surface area contributed by atoms with Crippen LogP contribution in [0.2, 0.25) is 0 Å². The molecular formula is C39H31N2OP. The largest absolute Gasteiger partial charge is 0.379 e. The van der Waals surface area contributed by atoms with Crippen LogP contribution in [0.5, 0.6) is 0 Å². The molecule has 2 aliphatic heterocycles. The van der Waals surface area contributed by atoms with Crippen molar-refractivity contribution in [1.82, 2.24) is 0 Å². The molecule has 2 aliphatic rings. The summed E-state index contributed by atoms with van der Waals surface area (Å²) in [7, 11) is -1.02. The van der Waals surface area contributed by atoms with Crippen molar-refractivity contribution in [2.24, 2.45) is 0 Å². The third-order valence-electron chi connectivity index (χ3n) is 8.96. The fraction of sp³-hybridized carbons (Fsp3) is 0.0769. The van der Waals surface area contributed by atoms with E-state index in [4.69, 9.17) is 0 Å². The zero-order chi connectivity index (χ0) is 29.0. The van der Waals surface area contributed by atoms with Gasteiger partial charge in [-0.05, 0) is 50.4 Å². The lowest BCUT2D eigenvalue weighted by Crippen LogP contribution is -2.28. The molecule has 0 fully saturated rings. The molecule has 208 valence electrons. The van der Waals surface area contributed by atoms with Gasteiger partial charge in [-0.25, -0.2) is 0 Å². The molecule has 0 spiro atoms. The van der Waals surface area contributed by atoms with Crippen LogP contribution in [-0.2, 0) is 4.57 Å². The molecule has 43 heavy (non-hydrogen) atoms. The van der Waals surface area contributed by atoms with Gasteiger partial charge in [0.15, 0.2) is 7.14 Å². The average Bonchev–Trinajstić information content (AvgIpc) is 3.07. The number of benzene rings is 6. The Hall–Kier alpha value is -4.85. The number of fused-ring (bicyclic) bond motifs is 5. The minimum Gasteiger partial charge on any atom is -0.379 e. The summed E-state index contributed by atoms with van der Waals surface area (Å²) in [4.78, 5) is 2.35. The number of nitrogens with zero attached hydrogens (tertiary/aromatic N) is 1. The van der Waals surface area contributed by atoms with Gasteiger partial charge in [0.05, 0.1) is 17.4 Å². The van der Waals surface area contributed by atoms with Crippen LogP contribution in [0.3, 0.4) is 0 Å². The van der Waals surface area contributed by atoms with E-state index in [1.807, 2.05) is 36.4 Å². The van der Waals surface area contributed by atoms with Gasteiger partial charge in [0.25, 0.3) is 0 Å². The minimum absolute atomic E-state index is 0.0708. The topological polar surface area (TPSA) is 32.3 Å². The van der Waals surface area contributed by atoms with Crippen molar-refractivity contribution in [2.45, 2.75) is 6.04 Å². The highest BCUT2D eigenvalue weighted by Gasteiger charge is 2.31. The maximum atomic E-state index is 15.5. The molecule has 0 radical (unpaired) electrons. The van der Waals surface area contributed by atoms with Crippen LogP contribution in [0.4, 0.5) is 11.4 Å². The molecule has 8 rings (SSSR count). The lowest BCUT2D eigenvalue weighted by molar-refractivity contribution is 0.592. The molecule has 1 unspecified atom stereocenters. The van der Waals surface area contributed by atoms with Crippen LogP contribution in [0.1, 0.15) is 22.7 Å². The second-order valence-electron chi connectivity index (χ2n) is 11.4. The predicted octanol–water partition coefficient (Wildman–Crippen LogP) is 8.28. The summed E-state index contributed by atoms with van der Waals surface area (Å²) in [5.74, 6) is 0. The summed E-state index contributed by atoms with van der Waals surface area (Å²) in [6, 6.07) is 42.0. The highest BCUT2D eigenvalue weighted by atomic mass is 31.2. The SMILES string of the molecule is CN1c2c(ccc3c2NCC=C3)C=CC1c1ccc(P(=O)(c2ccc3ccccc3c2)c2ccc3ccccc3c2)cc1. The lowest BCUT2D eigenvalue weighted by atomic mass is 9.94. The third kappa shape index (κ3) is 4.23. The summed E-state index contributed by atoms with van der Waals surface area (Å²) in [5.41, 5.74) is 6.00. The van der Waals surface area contributed by atoms with E-state index in [9.17, 15) is 0 Å². The van der Waals surface area contributed by atoms with Crippen LogP contribution < -0.4 is 26.1 Å². The fourth-order valence-electron chi connectivity index (χ4n) is 6.68. The molecule has 0 saturated carbocycles. The summed E-state index contributed by atoms with van der Waals surface area (Å²) in [6.45, 7) is 0.833. The molecule has 6 aromatic carbocycles. The van der Waals surface area contributed by atoms with Gasteiger partial charge < -0.3 is 14.8 Å². The molecule has 3 nitrogen and oxygen atoms in total. The van der Waals surface area contributed by atoms with Crippen LogP contribution >= 0.6 is 7.14 Å². The Morgan fingerprint density at radius 1 is 0.651 bits per heavy atom. The van der Waals surface area contributed by atoms with E-state index in [1.54, 1.807) is 0 Å². The molecular weight excluding hydrogens is 543 g/mol. The highest BCUT2D eigenvalue weighted by Crippen LogP contribution is 2.46. The first-order chi connectivity index (χ1) is 21.1. The lowest BCUT2D eigenvalue weighted by Gasteiger charge is -2.35. The Kier molecular flexibility index (Phi) is 6.10. The molecule has 1 N–H and O–H groups in total. The molecule has 6 aromatic rings. The first-order valence-corrected chi connectivity index (χ1v) is 16.5. The number of hydrogen-bond acceptors (Lipinski definition) is 3. The van der Waals surface area contributed by atoms with E-state index >= 15 is 4.57 Å². The average molecular weight is 575 g/mol. The molecule has 0 amide bonds. The minimum atomic E-state index is -3.18. The summed E-state index contributed by atoms with van der Waals surface area (Å²) < 4.78 is 15.5. The molecule has 1 atom stereocenters. The van der Waals surface area contributed by atoms with E-state index < -0.39 is 7.14 Å². The number of hydrogen-bond donors (Lipinski definition) is 1. The maximum Gasteiger partial charge on any atom is 0.171 e. The summed E-state index contributed by atoms with van der Waals surface area (Å²) in [6.07, 6.45) is 8.84. The van der Waals surface area contributed by atoms with Crippen molar-refractivity contribution >= 4 is 68.1 Å². The zero-order valence-electron chi connectivity index (χ0n) is 23.9. The summed E-state index contributed by atoms with van der Waals surface area (Å²) in [5, 5.41) is 10.6. The Morgan fingerprint density at radius 2 is 1.23 bits per heavy atom. The van der Waals surface area contributed by atoms with Crippen molar-refractivity contribution in [3.8, 4) is 0 Å². The summed E-state index contributed by atoms with van der Waals surface area (Å²) >= 11 is 0. The van der Waals surface area contributed by atoms with Crippen molar-refractivity contribution < 1.29 is 4.57 Å². The van der Waals surface area contributed by atoms with Crippen LogP contribution in [0.25, 0.3) is 33.7 Å². The fourth-order valence-corrected chi connectivity index (χ4v) is 9.35. The monoisotopic (exact) mass is 574 g/mol. The first-order valence-electron chi connectivity index (χ1n) is 14.8. The van der Waals surface area contributed by atoms with E-state index in [0.29, 0.717) is 0 Å². The van der Waals surface area contributed by atoms with Gasteiger partial charge >= 0.3 is 0 Å². The number of anilines is 2.